The van der Waals surface area contributed by atoms with E-state index in [0.717, 1.165) is 188 Å². The third-order valence-electron chi connectivity index (χ3n) is 24.3. The number of methoxy groups -OCH3 is 1. The lowest BCUT2D eigenvalue weighted by Gasteiger charge is -2.19. The third-order valence-corrected chi connectivity index (χ3v) is 24.9. The van der Waals surface area contributed by atoms with Gasteiger partial charge in [-0.05, 0) is 166 Å². The van der Waals surface area contributed by atoms with Gasteiger partial charge in [0.25, 0.3) is 0 Å². The maximum atomic E-state index is 6.29. The second kappa shape index (κ2) is 47.5. The monoisotopic (exact) mass is 1890 g/mol. The number of nitrogens with one attached hydrogen (secondary N) is 4. The van der Waals surface area contributed by atoms with E-state index in [1.807, 2.05) is 229 Å². The SMILES string of the molecule is COCc1nnc2c3ccccc3c(OCc3cccc(CNCCc4ccccc4)n3)nn12.CSc1nnc2c3ccccc3c(OCc3cccc(CNCCc4ccccc4)n3)nn12.c1ccc(CCNCc2cccc(COc3nn4c(-c5ccccc5)nnc4c4ccccc34)n2)cc1.c1ccc(CCNCc2cccc(COc3nn4c(C5CCCCC5)nnc4c4ccccc34)n2)cc1. The van der Waals surface area contributed by atoms with Crippen LogP contribution in [0.1, 0.15) is 117 Å². The molecule has 1 aliphatic rings. The van der Waals surface area contributed by atoms with E-state index in [2.05, 4.69) is 175 Å². The minimum atomic E-state index is 0.308. The summed E-state index contributed by atoms with van der Waals surface area (Å²) in [5.41, 5.74) is 16.5. The van der Waals surface area contributed by atoms with E-state index in [-0.39, 0.29) is 0 Å². The predicted octanol–water partition coefficient (Wildman–Crippen LogP) is 18.9. The van der Waals surface area contributed by atoms with Crippen LogP contribution in [0, 0.1) is 0 Å². The molecule has 0 unspecified atom stereocenters. The Balaban J connectivity index is 0.000000120. The Hall–Kier alpha value is -15.8. The second-order valence-electron chi connectivity index (χ2n) is 34.1. The lowest BCUT2D eigenvalue weighted by molar-refractivity contribution is 0.175. The van der Waals surface area contributed by atoms with Gasteiger partial charge in [-0.25, -0.2) is 0 Å². The van der Waals surface area contributed by atoms with Crippen molar-refractivity contribution in [3.63, 3.8) is 0 Å². The molecule has 4 N–H and O–H groups in total. The quantitative estimate of drug-likeness (QED) is 0.0208. The normalized spacial score (nSPS) is 12.1. The van der Waals surface area contributed by atoms with Crippen molar-refractivity contribution in [3.8, 4) is 34.9 Å². The Morgan fingerprint density at radius 3 is 0.972 bits per heavy atom. The number of thioether (sulfide) groups is 1. The maximum Gasteiger partial charge on any atom is 0.240 e. The predicted molar refractivity (Wildman–Crippen MR) is 549 cm³/mol. The van der Waals surface area contributed by atoms with Gasteiger partial charge >= 0.3 is 0 Å². The molecule has 0 amide bonds. The Morgan fingerprint density at radius 1 is 0.284 bits per heavy atom. The van der Waals surface area contributed by atoms with E-state index in [1.165, 1.54) is 53.3 Å². The zero-order valence-electron chi connectivity index (χ0n) is 78.6. The van der Waals surface area contributed by atoms with E-state index in [4.69, 9.17) is 53.8 Å². The van der Waals surface area contributed by atoms with Crippen LogP contribution in [0.2, 0.25) is 0 Å². The molecule has 22 rings (SSSR count). The summed E-state index contributed by atoms with van der Waals surface area (Å²) in [5.74, 6) is 4.81. The van der Waals surface area contributed by atoms with Crippen molar-refractivity contribution in [2.75, 3.05) is 39.5 Å². The van der Waals surface area contributed by atoms with Crippen LogP contribution >= 0.6 is 11.8 Å². The molecule has 0 spiro atoms. The Morgan fingerprint density at radius 2 is 0.589 bits per heavy atom. The number of aromatic nitrogens is 20. The molecular weight excluding hydrogens is 1780 g/mol. The number of ether oxygens (including phenoxy) is 5. The van der Waals surface area contributed by atoms with E-state index in [9.17, 15) is 0 Å². The lowest BCUT2D eigenvalue weighted by Crippen LogP contribution is -2.18. The van der Waals surface area contributed by atoms with Crippen molar-refractivity contribution in [2.24, 2.45) is 0 Å². The van der Waals surface area contributed by atoms with Crippen LogP contribution in [-0.2, 0) is 89.6 Å². The summed E-state index contributed by atoms with van der Waals surface area (Å²) in [7, 11) is 1.62. The number of rotatable bonds is 37. The summed E-state index contributed by atoms with van der Waals surface area (Å²) in [6.45, 7) is 8.05. The summed E-state index contributed by atoms with van der Waals surface area (Å²) >= 11 is 1.50. The third kappa shape index (κ3) is 24.1. The Bertz CT molecular complexity index is 7670. The molecule has 9 aromatic carbocycles. The molecule has 1 aliphatic carbocycles. The largest absolute Gasteiger partial charge is 0.470 e. The van der Waals surface area contributed by atoms with Gasteiger partial charge in [-0.1, -0.05) is 280 Å². The minimum absolute atomic E-state index is 0.308. The van der Waals surface area contributed by atoms with Gasteiger partial charge < -0.3 is 45.0 Å². The molecule has 21 aromatic rings. The van der Waals surface area contributed by atoms with E-state index >= 15 is 0 Å². The summed E-state index contributed by atoms with van der Waals surface area (Å²) in [4.78, 5) is 19.1. The molecule has 0 atom stereocenters. The van der Waals surface area contributed by atoms with Gasteiger partial charge in [0.15, 0.2) is 40.1 Å². The number of nitrogens with zero attached hydrogens (tertiary/aromatic N) is 20. The molecule has 30 heteroatoms. The highest BCUT2D eigenvalue weighted by Gasteiger charge is 2.26. The first-order chi connectivity index (χ1) is 69.8. The maximum absolute atomic E-state index is 6.29. The summed E-state index contributed by atoms with van der Waals surface area (Å²) in [6, 6.07) is 108. The van der Waals surface area contributed by atoms with Crippen molar-refractivity contribution in [2.45, 2.75) is 128 Å². The standard InChI is InChI=1S/C30H32N6O.C30H26N6O.C26H26N6O2.C25H24N6OS/c2*1-3-10-22(11-4-1)18-19-31-20-24-14-9-15-25(32-24)21-37-30-27-17-8-7-16-26(27)29-34-33-28(36(29)35-30)23-12-5-2-6-13-23;1-33-18-24-29-30-25-22-12-5-6-13-23(22)26(31-32(24)25)34-17-21-11-7-10-20(28-21)16-27-15-14-19-8-3-2-4-9-19;1-33-25-29-28-23-21-12-5-6-13-22(21)24(30-31(23)25)32-17-20-11-7-10-19(27-20)16-26-15-14-18-8-3-2-4-9-18/h1,3-4,7-11,14-17,23,31H,2,5-6,12-13,18-21H2;1-17,31H,18-21H2;2-13,27H,14-18H2,1H3;2-13,26H,14-17H2,1H3. The van der Waals surface area contributed by atoms with Crippen molar-refractivity contribution in [1.82, 2.24) is 120 Å². The topological polar surface area (TPSA) is 318 Å². The Labute approximate surface area is 820 Å². The van der Waals surface area contributed by atoms with Crippen LogP contribution < -0.4 is 40.2 Å². The van der Waals surface area contributed by atoms with Gasteiger partial charge in [-0.2, -0.15) is 18.1 Å². The zero-order chi connectivity index (χ0) is 95.4. The van der Waals surface area contributed by atoms with Crippen LogP contribution in [0.4, 0.5) is 0 Å². The fourth-order valence-corrected chi connectivity index (χ4v) is 17.6. The number of hydrogen-bond acceptors (Lipinski definition) is 26. The van der Waals surface area contributed by atoms with Crippen molar-refractivity contribution in [1.29, 1.82) is 0 Å². The van der Waals surface area contributed by atoms with E-state index in [1.54, 1.807) is 20.7 Å². The highest BCUT2D eigenvalue weighted by Crippen LogP contribution is 2.37. The first kappa shape index (κ1) is 94.2. The Kier molecular flexibility index (Phi) is 31.7. The molecule has 0 saturated heterocycles. The number of fused-ring (bicyclic) bond motifs is 12. The van der Waals surface area contributed by atoms with E-state index < -0.39 is 0 Å². The lowest BCUT2D eigenvalue weighted by atomic mass is 9.89. The number of benzene rings is 9. The van der Waals surface area contributed by atoms with Gasteiger partial charge in [0.1, 0.15) is 33.0 Å². The first-order valence-corrected chi connectivity index (χ1v) is 49.0. The molecule has 141 heavy (non-hydrogen) atoms. The first-order valence-electron chi connectivity index (χ1n) is 47.8. The molecule has 0 bridgehead atoms. The zero-order valence-corrected chi connectivity index (χ0v) is 79.4. The van der Waals surface area contributed by atoms with Gasteiger partial charge in [0.2, 0.25) is 28.7 Å². The van der Waals surface area contributed by atoms with Gasteiger partial charge in [-0.15, -0.1) is 61.2 Å². The second-order valence-corrected chi connectivity index (χ2v) is 34.9. The van der Waals surface area contributed by atoms with Crippen molar-refractivity contribution >= 4 is 77.4 Å². The fourth-order valence-electron chi connectivity index (χ4n) is 17.2. The minimum Gasteiger partial charge on any atom is -0.470 e. The van der Waals surface area contributed by atoms with Gasteiger partial charge in [0, 0.05) is 87.9 Å². The summed E-state index contributed by atoms with van der Waals surface area (Å²) < 4.78 is 37.1. The van der Waals surface area contributed by atoms with Gasteiger partial charge in [0.05, 0.1) is 45.6 Å². The number of hydrogen-bond donors (Lipinski definition) is 4. The highest BCUT2D eigenvalue weighted by molar-refractivity contribution is 7.98. The molecule has 1 saturated carbocycles. The molecular formula is C111H108N24O5S. The van der Waals surface area contributed by atoms with Crippen LogP contribution in [-0.4, -0.2) is 139 Å². The average molecular weight is 1890 g/mol. The van der Waals surface area contributed by atoms with Crippen LogP contribution in [0.5, 0.6) is 23.5 Å². The molecule has 29 nitrogen and oxygen atoms in total. The van der Waals surface area contributed by atoms with Crippen molar-refractivity contribution in [3.05, 3.63) is 401 Å². The van der Waals surface area contributed by atoms with E-state index in [0.29, 0.717) is 105 Å². The fraction of sp³-hybridized carbons (Fsp3) is 0.225. The van der Waals surface area contributed by atoms with Crippen LogP contribution in [0.25, 0.3) is 77.1 Å². The number of pyridine rings is 4. The summed E-state index contributed by atoms with van der Waals surface area (Å²) in [5, 5.41) is 76.1. The van der Waals surface area contributed by atoms with Gasteiger partial charge in [-0.3, -0.25) is 19.9 Å². The molecule has 12 aromatic heterocycles. The summed E-state index contributed by atoms with van der Waals surface area (Å²) in [6.07, 6.45) is 12.0. The molecule has 12 heterocycles. The smallest absolute Gasteiger partial charge is 0.240 e. The average Bonchev–Trinajstić information content (AvgIpc) is 1.64. The molecule has 708 valence electrons. The molecule has 1 fully saturated rings. The van der Waals surface area contributed by atoms with Crippen LogP contribution in [0.15, 0.2) is 327 Å². The molecule has 0 radical (unpaired) electrons. The molecule has 0 aliphatic heterocycles. The highest BCUT2D eigenvalue weighted by atomic mass is 32.2. The van der Waals surface area contributed by atoms with Crippen molar-refractivity contribution < 1.29 is 23.7 Å². The van der Waals surface area contributed by atoms with Crippen LogP contribution in [0.3, 0.4) is 0 Å².